The molecule has 0 bridgehead atoms. The molecule has 0 atom stereocenters. The highest BCUT2D eigenvalue weighted by atomic mass is 79.9. The van der Waals surface area contributed by atoms with Crippen LogP contribution in [0.2, 0.25) is 0 Å². The van der Waals surface area contributed by atoms with Crippen LogP contribution in [0.1, 0.15) is 5.56 Å². The van der Waals surface area contributed by atoms with Gasteiger partial charge < -0.3 is 14.2 Å². The molecule has 152 valence electrons. The van der Waals surface area contributed by atoms with Crippen LogP contribution in [0.5, 0.6) is 11.5 Å². The van der Waals surface area contributed by atoms with Crippen LogP contribution in [-0.4, -0.2) is 46.6 Å². The smallest absolute Gasteiger partial charge is 0.321 e. The van der Waals surface area contributed by atoms with Gasteiger partial charge in [0.1, 0.15) is 17.3 Å². The number of sulfonamides is 1. The Kier molecular flexibility index (Phi) is 7.39. The minimum absolute atomic E-state index is 0.134. The quantitative estimate of drug-likeness (QED) is 0.545. The van der Waals surface area contributed by atoms with E-state index >= 15 is 0 Å². The maximum Gasteiger partial charge on any atom is 0.321 e. The van der Waals surface area contributed by atoms with Gasteiger partial charge in [-0.15, -0.1) is 0 Å². The fourth-order valence-electron chi connectivity index (χ4n) is 2.45. The minimum atomic E-state index is -4.18. The molecule has 2 aromatic carbocycles. The number of rotatable bonds is 8. The molecule has 2 rings (SSSR count). The van der Waals surface area contributed by atoms with Crippen molar-refractivity contribution in [1.29, 1.82) is 0 Å². The van der Waals surface area contributed by atoms with E-state index in [1.165, 1.54) is 44.6 Å². The first-order chi connectivity index (χ1) is 13.2. The van der Waals surface area contributed by atoms with Gasteiger partial charge in [0.15, 0.2) is 11.5 Å². The number of halogens is 2. The van der Waals surface area contributed by atoms with Crippen molar-refractivity contribution in [3.63, 3.8) is 0 Å². The van der Waals surface area contributed by atoms with Crippen LogP contribution in [0, 0.1) is 5.82 Å². The molecule has 0 aliphatic rings. The molecule has 0 spiro atoms. The third-order valence-electron chi connectivity index (χ3n) is 3.84. The second kappa shape index (κ2) is 9.35. The number of carbonyl (C=O) groups excluding carboxylic acids is 1. The van der Waals surface area contributed by atoms with E-state index in [0.29, 0.717) is 11.3 Å². The average molecular weight is 476 g/mol. The van der Waals surface area contributed by atoms with E-state index in [1.807, 2.05) is 0 Å². The fourth-order valence-corrected chi connectivity index (χ4v) is 4.82. The summed E-state index contributed by atoms with van der Waals surface area (Å²) in [5.41, 5.74) is 0.379. The van der Waals surface area contributed by atoms with Gasteiger partial charge in [-0.1, -0.05) is 12.1 Å². The topological polar surface area (TPSA) is 82.1 Å². The molecule has 10 heteroatoms. The van der Waals surface area contributed by atoms with Crippen LogP contribution in [0.4, 0.5) is 4.39 Å². The molecular formula is C18H19BrFNO6S. The molecular weight excluding hydrogens is 457 g/mol. The molecule has 0 aliphatic carbocycles. The summed E-state index contributed by atoms with van der Waals surface area (Å²) < 4.78 is 56.1. The van der Waals surface area contributed by atoms with Crippen molar-refractivity contribution in [1.82, 2.24) is 4.31 Å². The highest BCUT2D eigenvalue weighted by Crippen LogP contribution is 2.37. The summed E-state index contributed by atoms with van der Waals surface area (Å²) in [4.78, 5) is 11.7. The number of methoxy groups -OCH3 is 3. The summed E-state index contributed by atoms with van der Waals surface area (Å²) in [6.45, 7) is -0.772. The highest BCUT2D eigenvalue weighted by molar-refractivity contribution is 9.10. The van der Waals surface area contributed by atoms with E-state index in [-0.39, 0.29) is 21.7 Å². The lowest BCUT2D eigenvalue weighted by molar-refractivity contribution is -0.140. The molecule has 0 unspecified atom stereocenters. The van der Waals surface area contributed by atoms with Crippen molar-refractivity contribution < 1.29 is 31.8 Å². The van der Waals surface area contributed by atoms with E-state index in [0.717, 1.165) is 11.4 Å². The molecule has 0 aliphatic heterocycles. The predicted octanol–water partition coefficient (Wildman–Crippen LogP) is 2.97. The van der Waals surface area contributed by atoms with E-state index in [4.69, 9.17) is 9.47 Å². The van der Waals surface area contributed by atoms with Gasteiger partial charge in [0.2, 0.25) is 10.0 Å². The zero-order valence-corrected chi connectivity index (χ0v) is 17.8. The van der Waals surface area contributed by atoms with Crippen LogP contribution in [0.25, 0.3) is 0 Å². The van der Waals surface area contributed by atoms with Crippen LogP contribution in [0.3, 0.4) is 0 Å². The Labute approximate surface area is 171 Å². The molecule has 0 fully saturated rings. The van der Waals surface area contributed by atoms with Crippen molar-refractivity contribution in [2.45, 2.75) is 11.4 Å². The van der Waals surface area contributed by atoms with Crippen molar-refractivity contribution >= 4 is 31.9 Å². The van der Waals surface area contributed by atoms with Gasteiger partial charge in [-0.3, -0.25) is 4.79 Å². The zero-order valence-electron chi connectivity index (χ0n) is 15.4. The number of hydrogen-bond acceptors (Lipinski definition) is 6. The van der Waals surface area contributed by atoms with Gasteiger partial charge in [0, 0.05) is 17.1 Å². The third kappa shape index (κ3) is 5.00. The first kappa shape index (κ1) is 22.1. The number of benzene rings is 2. The molecule has 0 heterocycles. The van der Waals surface area contributed by atoms with E-state index in [9.17, 15) is 17.6 Å². The number of esters is 1. The van der Waals surface area contributed by atoms with Crippen molar-refractivity contribution in [2.75, 3.05) is 27.9 Å². The van der Waals surface area contributed by atoms with Crippen LogP contribution in [0.15, 0.2) is 45.8 Å². The Morgan fingerprint density at radius 3 is 2.32 bits per heavy atom. The Morgan fingerprint density at radius 2 is 1.75 bits per heavy atom. The third-order valence-corrected chi connectivity index (χ3v) is 6.59. The van der Waals surface area contributed by atoms with Crippen LogP contribution in [-0.2, 0) is 26.1 Å². The second-order valence-electron chi connectivity index (χ2n) is 5.62. The van der Waals surface area contributed by atoms with E-state index in [1.54, 1.807) is 6.07 Å². The summed E-state index contributed by atoms with van der Waals surface area (Å²) in [5.74, 6) is -0.734. The predicted molar refractivity (Wildman–Crippen MR) is 103 cm³/mol. The Balaban J connectivity index is 2.52. The fraction of sp³-hybridized carbons (Fsp3) is 0.278. The van der Waals surface area contributed by atoms with Crippen molar-refractivity contribution in [3.05, 3.63) is 52.3 Å². The molecule has 0 saturated carbocycles. The largest absolute Gasteiger partial charge is 0.493 e. The lowest BCUT2D eigenvalue weighted by Gasteiger charge is -2.22. The molecule has 0 amide bonds. The maximum atomic E-state index is 13.5. The average Bonchev–Trinajstić information content (AvgIpc) is 2.66. The Hall–Kier alpha value is -2.17. The highest BCUT2D eigenvalue weighted by Gasteiger charge is 2.30. The number of hydrogen-bond donors (Lipinski definition) is 0. The van der Waals surface area contributed by atoms with Gasteiger partial charge in [-0.25, -0.2) is 12.8 Å². The van der Waals surface area contributed by atoms with Crippen molar-refractivity contribution in [2.24, 2.45) is 0 Å². The van der Waals surface area contributed by atoms with Crippen LogP contribution < -0.4 is 9.47 Å². The SMILES string of the molecule is COC(=O)CN(Cc1cccc(F)c1)S(=O)(=O)c1cc(OC)c(OC)cc1Br. The first-order valence-electron chi connectivity index (χ1n) is 7.95. The molecule has 0 saturated heterocycles. The molecule has 2 aromatic rings. The monoisotopic (exact) mass is 475 g/mol. The van der Waals surface area contributed by atoms with Gasteiger partial charge in [0.05, 0.1) is 21.3 Å². The molecule has 0 N–H and O–H groups in total. The van der Waals surface area contributed by atoms with E-state index < -0.39 is 28.4 Å². The molecule has 7 nitrogen and oxygen atoms in total. The Morgan fingerprint density at radius 1 is 1.11 bits per heavy atom. The van der Waals surface area contributed by atoms with Gasteiger partial charge >= 0.3 is 5.97 Å². The van der Waals surface area contributed by atoms with Crippen molar-refractivity contribution in [3.8, 4) is 11.5 Å². The lowest BCUT2D eigenvalue weighted by atomic mass is 10.2. The van der Waals surface area contributed by atoms with Gasteiger partial charge in [-0.2, -0.15) is 4.31 Å². The zero-order chi connectivity index (χ0) is 20.9. The molecule has 0 aromatic heterocycles. The van der Waals surface area contributed by atoms with Gasteiger partial charge in [-0.05, 0) is 39.7 Å². The summed E-state index contributed by atoms with van der Waals surface area (Å²) in [5, 5.41) is 0. The lowest BCUT2D eigenvalue weighted by Crippen LogP contribution is -2.36. The number of ether oxygens (including phenoxy) is 3. The summed E-state index contributed by atoms with van der Waals surface area (Å²) >= 11 is 3.22. The van der Waals surface area contributed by atoms with Gasteiger partial charge in [0.25, 0.3) is 0 Å². The second-order valence-corrected chi connectivity index (χ2v) is 8.38. The van der Waals surface area contributed by atoms with Crippen LogP contribution >= 0.6 is 15.9 Å². The minimum Gasteiger partial charge on any atom is -0.493 e. The summed E-state index contributed by atoms with van der Waals surface area (Å²) in [6, 6.07) is 8.20. The number of nitrogens with zero attached hydrogens (tertiary/aromatic N) is 1. The first-order valence-corrected chi connectivity index (χ1v) is 10.2. The Bertz CT molecular complexity index is 967. The number of carbonyl (C=O) groups is 1. The summed E-state index contributed by atoms with van der Waals surface area (Å²) in [6.07, 6.45) is 0. The maximum absolute atomic E-state index is 13.5. The molecule has 0 radical (unpaired) electrons. The molecule has 28 heavy (non-hydrogen) atoms. The van der Waals surface area contributed by atoms with E-state index in [2.05, 4.69) is 20.7 Å². The normalized spacial score (nSPS) is 11.4. The standard InChI is InChI=1S/C18H19BrFNO6S/c1-25-15-8-14(19)17(9-16(15)26-2)28(23,24)21(11-18(22)27-3)10-12-5-4-6-13(20)7-12/h4-9H,10-11H2,1-3H3. The summed E-state index contributed by atoms with van der Waals surface area (Å²) in [7, 11) is -0.225.